The van der Waals surface area contributed by atoms with Gasteiger partial charge in [0.15, 0.2) is 0 Å². The number of hydrogen-bond donors (Lipinski definition) is 2. The fraction of sp³-hybridized carbons (Fsp3) is 0.278. The highest BCUT2D eigenvalue weighted by Crippen LogP contribution is 2.11. The Kier molecular flexibility index (Phi) is 6.41. The van der Waals surface area contributed by atoms with Crippen LogP contribution in [0.2, 0.25) is 0 Å². The van der Waals surface area contributed by atoms with Crippen molar-refractivity contribution in [1.29, 1.82) is 0 Å². The highest BCUT2D eigenvalue weighted by atomic mass is 19.1. The summed E-state index contributed by atoms with van der Waals surface area (Å²) in [4.78, 5) is 11.7. The van der Waals surface area contributed by atoms with Gasteiger partial charge in [-0.25, -0.2) is 9.18 Å². The van der Waals surface area contributed by atoms with Gasteiger partial charge in [0.2, 0.25) is 0 Å². The summed E-state index contributed by atoms with van der Waals surface area (Å²) in [6.45, 7) is 3.52. The maximum atomic E-state index is 12.8. The molecular formula is C18H21FN2O2. The van der Waals surface area contributed by atoms with Crippen LogP contribution >= 0.6 is 0 Å². The first-order chi connectivity index (χ1) is 11.2. The van der Waals surface area contributed by atoms with Crippen LogP contribution in [0.15, 0.2) is 48.5 Å². The lowest BCUT2D eigenvalue weighted by Crippen LogP contribution is -2.36. The number of benzene rings is 2. The average Bonchev–Trinajstić information content (AvgIpc) is 2.56. The Bertz CT molecular complexity index is 612. The topological polar surface area (TPSA) is 50.4 Å². The minimum Gasteiger partial charge on any atom is -0.494 e. The molecule has 2 aromatic carbocycles. The molecule has 122 valence electrons. The van der Waals surface area contributed by atoms with Gasteiger partial charge in [-0.2, -0.15) is 0 Å². The molecule has 0 aliphatic heterocycles. The van der Waals surface area contributed by atoms with Crippen molar-refractivity contribution in [3.05, 3.63) is 65.5 Å². The third kappa shape index (κ3) is 5.98. The minimum absolute atomic E-state index is 0.221. The highest BCUT2D eigenvalue weighted by Gasteiger charge is 2.01. The zero-order valence-corrected chi connectivity index (χ0v) is 13.1. The van der Waals surface area contributed by atoms with Crippen LogP contribution in [0.5, 0.6) is 5.75 Å². The molecule has 2 amide bonds. The Hall–Kier alpha value is -2.56. The van der Waals surface area contributed by atoms with Crippen LogP contribution in [0.1, 0.15) is 18.1 Å². The van der Waals surface area contributed by atoms with E-state index in [2.05, 4.69) is 10.6 Å². The highest BCUT2D eigenvalue weighted by molar-refractivity contribution is 5.73. The molecule has 0 saturated heterocycles. The summed E-state index contributed by atoms with van der Waals surface area (Å²) < 4.78 is 18.1. The lowest BCUT2D eigenvalue weighted by Gasteiger charge is -2.09. The van der Waals surface area contributed by atoms with E-state index in [1.807, 2.05) is 31.2 Å². The summed E-state index contributed by atoms with van der Waals surface area (Å²) in [6.07, 6.45) is 0.663. The van der Waals surface area contributed by atoms with E-state index in [4.69, 9.17) is 4.74 Å². The zero-order chi connectivity index (χ0) is 16.5. The number of hydrogen-bond acceptors (Lipinski definition) is 2. The first-order valence-corrected chi connectivity index (χ1v) is 7.65. The Morgan fingerprint density at radius 3 is 2.30 bits per heavy atom. The molecule has 5 heteroatoms. The first-order valence-electron chi connectivity index (χ1n) is 7.65. The Labute approximate surface area is 135 Å². The van der Waals surface area contributed by atoms with Crippen LogP contribution in [0, 0.1) is 5.82 Å². The number of carbonyl (C=O) groups excluding carboxylic acids is 1. The van der Waals surface area contributed by atoms with Gasteiger partial charge in [-0.15, -0.1) is 0 Å². The molecule has 0 heterocycles. The molecule has 0 aromatic heterocycles. The molecule has 0 radical (unpaired) electrons. The van der Waals surface area contributed by atoms with Crippen LogP contribution in [-0.4, -0.2) is 19.2 Å². The van der Waals surface area contributed by atoms with Crippen molar-refractivity contribution in [1.82, 2.24) is 10.6 Å². The summed E-state index contributed by atoms with van der Waals surface area (Å²) in [5, 5.41) is 5.57. The van der Waals surface area contributed by atoms with Gasteiger partial charge in [0, 0.05) is 13.1 Å². The lowest BCUT2D eigenvalue weighted by molar-refractivity contribution is 0.240. The van der Waals surface area contributed by atoms with Crippen LogP contribution in [0.3, 0.4) is 0 Å². The van der Waals surface area contributed by atoms with Crippen molar-refractivity contribution in [2.45, 2.75) is 19.9 Å². The van der Waals surface area contributed by atoms with Gasteiger partial charge in [-0.1, -0.05) is 24.3 Å². The largest absolute Gasteiger partial charge is 0.494 e. The Morgan fingerprint density at radius 2 is 1.65 bits per heavy atom. The molecule has 2 aromatic rings. The monoisotopic (exact) mass is 316 g/mol. The number of halogens is 1. The van der Waals surface area contributed by atoms with E-state index in [0.29, 0.717) is 26.1 Å². The van der Waals surface area contributed by atoms with Gasteiger partial charge in [0.1, 0.15) is 11.6 Å². The maximum Gasteiger partial charge on any atom is 0.315 e. The molecule has 0 bridgehead atoms. The number of amides is 2. The number of ether oxygens (including phenoxy) is 1. The fourth-order valence-corrected chi connectivity index (χ4v) is 2.09. The van der Waals surface area contributed by atoms with Gasteiger partial charge in [0.05, 0.1) is 6.61 Å². The molecule has 0 spiro atoms. The zero-order valence-electron chi connectivity index (χ0n) is 13.1. The Balaban J connectivity index is 1.67. The number of urea groups is 1. The third-order valence-corrected chi connectivity index (χ3v) is 3.30. The van der Waals surface area contributed by atoms with Gasteiger partial charge >= 0.3 is 6.03 Å². The number of nitrogens with one attached hydrogen (secondary N) is 2. The molecule has 4 nitrogen and oxygen atoms in total. The lowest BCUT2D eigenvalue weighted by atomic mass is 10.1. The standard InChI is InChI=1S/C18H21FN2O2/c1-2-23-17-9-5-15(6-10-17)13-21-18(22)20-12-11-14-3-7-16(19)8-4-14/h3-10H,2,11-13H2,1H3,(H2,20,21,22). The van der Waals surface area contributed by atoms with Gasteiger partial charge in [-0.05, 0) is 48.7 Å². The first kappa shape index (κ1) is 16.8. The molecule has 0 fully saturated rings. The van der Waals surface area contributed by atoms with Crippen molar-refractivity contribution in [2.75, 3.05) is 13.2 Å². The van der Waals surface area contributed by atoms with Crippen LogP contribution in [0.25, 0.3) is 0 Å². The van der Waals surface area contributed by atoms with Crippen LogP contribution in [-0.2, 0) is 13.0 Å². The summed E-state index contributed by atoms with van der Waals surface area (Å²) in [5.74, 6) is 0.565. The van der Waals surface area contributed by atoms with Gasteiger partial charge < -0.3 is 15.4 Å². The molecular weight excluding hydrogens is 295 g/mol. The molecule has 0 atom stereocenters. The second-order valence-corrected chi connectivity index (χ2v) is 5.06. The van der Waals surface area contributed by atoms with E-state index in [1.54, 1.807) is 12.1 Å². The molecule has 0 aliphatic rings. The molecule has 0 unspecified atom stereocenters. The van der Waals surface area contributed by atoms with Gasteiger partial charge in [0.25, 0.3) is 0 Å². The second-order valence-electron chi connectivity index (χ2n) is 5.06. The summed E-state index contributed by atoms with van der Waals surface area (Å²) in [6, 6.07) is 13.7. The predicted octanol–water partition coefficient (Wildman–Crippen LogP) is 3.27. The Morgan fingerprint density at radius 1 is 1.00 bits per heavy atom. The van der Waals surface area contributed by atoms with E-state index < -0.39 is 0 Å². The normalized spacial score (nSPS) is 10.2. The summed E-state index contributed by atoms with van der Waals surface area (Å²) in [7, 11) is 0. The van der Waals surface area contributed by atoms with Crippen molar-refractivity contribution in [3.63, 3.8) is 0 Å². The molecule has 2 N–H and O–H groups in total. The number of rotatable bonds is 7. The van der Waals surface area contributed by atoms with E-state index in [0.717, 1.165) is 16.9 Å². The van der Waals surface area contributed by atoms with Crippen molar-refractivity contribution in [2.24, 2.45) is 0 Å². The van der Waals surface area contributed by atoms with E-state index in [1.165, 1.54) is 12.1 Å². The molecule has 2 rings (SSSR count). The van der Waals surface area contributed by atoms with Gasteiger partial charge in [-0.3, -0.25) is 0 Å². The van der Waals surface area contributed by atoms with E-state index in [9.17, 15) is 9.18 Å². The molecule has 23 heavy (non-hydrogen) atoms. The van der Waals surface area contributed by atoms with Crippen molar-refractivity contribution >= 4 is 6.03 Å². The minimum atomic E-state index is -0.255. The summed E-state index contributed by atoms with van der Waals surface area (Å²) >= 11 is 0. The molecule has 0 saturated carbocycles. The molecule has 0 aliphatic carbocycles. The van der Waals surface area contributed by atoms with E-state index >= 15 is 0 Å². The van der Waals surface area contributed by atoms with E-state index in [-0.39, 0.29) is 11.8 Å². The second kappa shape index (κ2) is 8.78. The van der Waals surface area contributed by atoms with Crippen molar-refractivity contribution < 1.29 is 13.9 Å². The SMILES string of the molecule is CCOc1ccc(CNC(=O)NCCc2ccc(F)cc2)cc1. The fourth-order valence-electron chi connectivity index (χ4n) is 2.09. The predicted molar refractivity (Wildman–Crippen MR) is 88.0 cm³/mol. The van der Waals surface area contributed by atoms with Crippen LogP contribution < -0.4 is 15.4 Å². The third-order valence-electron chi connectivity index (χ3n) is 3.30. The van der Waals surface area contributed by atoms with Crippen LogP contribution in [0.4, 0.5) is 9.18 Å². The quantitative estimate of drug-likeness (QED) is 0.824. The number of carbonyl (C=O) groups is 1. The maximum absolute atomic E-state index is 12.8. The average molecular weight is 316 g/mol. The summed E-state index contributed by atoms with van der Waals surface area (Å²) in [5.41, 5.74) is 1.99. The van der Waals surface area contributed by atoms with Crippen molar-refractivity contribution in [3.8, 4) is 5.75 Å². The smallest absolute Gasteiger partial charge is 0.315 e.